The lowest BCUT2D eigenvalue weighted by Crippen LogP contribution is -2.06. The molecule has 0 radical (unpaired) electrons. The van der Waals surface area contributed by atoms with Crippen LogP contribution in [0.25, 0.3) is 6.08 Å². The first-order valence-corrected chi connectivity index (χ1v) is 5.07. The van der Waals surface area contributed by atoms with Crippen molar-refractivity contribution in [1.29, 1.82) is 5.41 Å². The third-order valence-corrected chi connectivity index (χ3v) is 2.35. The van der Waals surface area contributed by atoms with E-state index in [4.69, 9.17) is 10.1 Å². The average Bonchev–Trinajstić information content (AvgIpc) is 2.55. The van der Waals surface area contributed by atoms with Crippen LogP contribution in [0.15, 0.2) is 47.4 Å². The van der Waals surface area contributed by atoms with Crippen LogP contribution < -0.4 is 0 Å². The van der Waals surface area contributed by atoms with Gasteiger partial charge in [-0.05, 0) is 18.6 Å². The Morgan fingerprint density at radius 3 is 2.53 bits per heavy atom. The summed E-state index contributed by atoms with van der Waals surface area (Å²) < 4.78 is 4.91. The summed E-state index contributed by atoms with van der Waals surface area (Å²) in [5.41, 5.74) is 0.724. The van der Waals surface area contributed by atoms with Crippen molar-refractivity contribution in [2.75, 3.05) is 0 Å². The summed E-state index contributed by atoms with van der Waals surface area (Å²) in [7, 11) is 0. The highest BCUT2D eigenvalue weighted by Crippen LogP contribution is 2.26. The van der Waals surface area contributed by atoms with Gasteiger partial charge in [-0.1, -0.05) is 30.3 Å². The number of rotatable bonds is 2. The Morgan fingerprint density at radius 1 is 1.35 bits per heavy atom. The molecular formula is C13H11NO3. The molecule has 17 heavy (non-hydrogen) atoms. The fourth-order valence-electron chi connectivity index (χ4n) is 1.55. The summed E-state index contributed by atoms with van der Waals surface area (Å²) in [6.07, 6.45) is 1.56. The van der Waals surface area contributed by atoms with Gasteiger partial charge in [-0.25, -0.2) is 4.79 Å². The predicted molar refractivity (Wildman–Crippen MR) is 63.6 cm³/mol. The third kappa shape index (κ3) is 2.10. The monoisotopic (exact) mass is 229 g/mol. The van der Waals surface area contributed by atoms with Crippen LogP contribution in [0.1, 0.15) is 12.5 Å². The lowest BCUT2D eigenvalue weighted by molar-refractivity contribution is -0.132. The Kier molecular flexibility index (Phi) is 2.78. The zero-order valence-electron chi connectivity index (χ0n) is 9.23. The van der Waals surface area contributed by atoms with Gasteiger partial charge in [0.25, 0.3) is 0 Å². The Bertz CT molecular complexity index is 541. The first-order valence-electron chi connectivity index (χ1n) is 5.07. The minimum atomic E-state index is -0.683. The number of hydrogen-bond acceptors (Lipinski definition) is 4. The van der Waals surface area contributed by atoms with Crippen molar-refractivity contribution in [3.05, 3.63) is 53.0 Å². The van der Waals surface area contributed by atoms with Crippen molar-refractivity contribution < 1.29 is 14.6 Å². The molecule has 0 saturated heterocycles. The van der Waals surface area contributed by atoms with Gasteiger partial charge in [0.2, 0.25) is 0 Å². The zero-order chi connectivity index (χ0) is 12.4. The summed E-state index contributed by atoms with van der Waals surface area (Å²) in [4.78, 5) is 11.4. The van der Waals surface area contributed by atoms with E-state index in [0.29, 0.717) is 0 Å². The van der Waals surface area contributed by atoms with E-state index in [0.717, 1.165) is 5.56 Å². The molecule has 0 aliphatic carbocycles. The molecule has 0 atom stereocenters. The van der Waals surface area contributed by atoms with E-state index in [-0.39, 0.29) is 22.8 Å². The van der Waals surface area contributed by atoms with Crippen molar-refractivity contribution >= 4 is 17.8 Å². The number of aliphatic hydroxyl groups is 1. The van der Waals surface area contributed by atoms with Crippen LogP contribution in [0.4, 0.5) is 0 Å². The molecule has 0 spiro atoms. The molecule has 4 heteroatoms. The maximum atomic E-state index is 11.4. The number of cyclic esters (lactones) is 1. The largest absolute Gasteiger partial charge is 0.504 e. The quantitative estimate of drug-likeness (QED) is 0.604. The summed E-state index contributed by atoms with van der Waals surface area (Å²) in [6.45, 7) is 1.43. The topological polar surface area (TPSA) is 70.4 Å². The van der Waals surface area contributed by atoms with Gasteiger partial charge >= 0.3 is 5.97 Å². The summed E-state index contributed by atoms with van der Waals surface area (Å²) in [5, 5.41) is 17.2. The third-order valence-electron chi connectivity index (χ3n) is 2.35. The normalized spacial score (nSPS) is 17.5. The van der Waals surface area contributed by atoms with Crippen molar-refractivity contribution in [3.63, 3.8) is 0 Å². The van der Waals surface area contributed by atoms with Gasteiger partial charge in [0.15, 0.2) is 11.5 Å². The number of esters is 1. The van der Waals surface area contributed by atoms with Crippen molar-refractivity contribution in [2.24, 2.45) is 0 Å². The molecule has 2 rings (SSSR count). The van der Waals surface area contributed by atoms with Crippen molar-refractivity contribution in [1.82, 2.24) is 0 Å². The average molecular weight is 229 g/mol. The molecule has 86 valence electrons. The molecule has 1 aliphatic rings. The van der Waals surface area contributed by atoms with Gasteiger partial charge in [-0.15, -0.1) is 0 Å². The van der Waals surface area contributed by atoms with Crippen LogP contribution >= 0.6 is 0 Å². The number of carbonyl (C=O) groups excluding carboxylic acids is 1. The van der Waals surface area contributed by atoms with E-state index in [1.807, 2.05) is 30.3 Å². The maximum absolute atomic E-state index is 11.4. The smallest absolute Gasteiger partial charge is 0.349 e. The number of carbonyl (C=O) groups is 1. The highest BCUT2D eigenvalue weighted by Gasteiger charge is 2.31. The second kappa shape index (κ2) is 4.25. The number of hydrogen-bond donors (Lipinski definition) is 2. The second-order valence-electron chi connectivity index (χ2n) is 3.66. The van der Waals surface area contributed by atoms with E-state index >= 15 is 0 Å². The van der Waals surface area contributed by atoms with Crippen LogP contribution in [0.2, 0.25) is 0 Å². The van der Waals surface area contributed by atoms with Crippen LogP contribution in [-0.4, -0.2) is 16.8 Å². The number of aliphatic hydroxyl groups excluding tert-OH is 1. The molecule has 1 heterocycles. The molecule has 1 aromatic carbocycles. The lowest BCUT2D eigenvalue weighted by Gasteiger charge is -1.97. The van der Waals surface area contributed by atoms with E-state index in [1.165, 1.54) is 6.92 Å². The fourth-order valence-corrected chi connectivity index (χ4v) is 1.55. The van der Waals surface area contributed by atoms with E-state index in [9.17, 15) is 9.90 Å². The van der Waals surface area contributed by atoms with E-state index in [1.54, 1.807) is 6.08 Å². The minimum absolute atomic E-state index is 0.0102. The zero-order valence-corrected chi connectivity index (χ0v) is 9.23. The molecule has 0 bridgehead atoms. The van der Waals surface area contributed by atoms with Gasteiger partial charge in [0.1, 0.15) is 5.57 Å². The molecule has 0 unspecified atom stereocenters. The van der Waals surface area contributed by atoms with Crippen LogP contribution in [0.3, 0.4) is 0 Å². The van der Waals surface area contributed by atoms with Gasteiger partial charge in [-0.2, -0.15) is 0 Å². The number of benzene rings is 1. The Balaban J connectivity index is 2.41. The fraction of sp³-hybridized carbons (Fsp3) is 0.0769. The Labute approximate surface area is 98.4 Å². The number of nitrogens with one attached hydrogen (secondary N) is 1. The van der Waals surface area contributed by atoms with Gasteiger partial charge < -0.3 is 15.3 Å². The molecule has 0 aromatic heterocycles. The van der Waals surface area contributed by atoms with Crippen LogP contribution in [-0.2, 0) is 9.53 Å². The van der Waals surface area contributed by atoms with E-state index in [2.05, 4.69) is 0 Å². The highest BCUT2D eigenvalue weighted by atomic mass is 16.6. The van der Waals surface area contributed by atoms with Crippen LogP contribution in [0, 0.1) is 5.41 Å². The summed E-state index contributed by atoms with van der Waals surface area (Å²) >= 11 is 0. The van der Waals surface area contributed by atoms with Gasteiger partial charge in [0.05, 0.1) is 0 Å². The standard InChI is InChI=1S/C13H11NO3/c1-8(14)11-12(15)10(17-13(11)16)7-9-5-3-2-4-6-9/h2-7,14-15H,1H3/b10-7-,14-8?. The first-order chi connectivity index (χ1) is 8.09. The van der Waals surface area contributed by atoms with Gasteiger partial charge in [-0.3, -0.25) is 0 Å². The molecule has 0 amide bonds. The minimum Gasteiger partial charge on any atom is -0.504 e. The molecule has 0 fully saturated rings. The van der Waals surface area contributed by atoms with E-state index < -0.39 is 5.97 Å². The molecular weight excluding hydrogens is 218 g/mol. The molecule has 4 nitrogen and oxygen atoms in total. The predicted octanol–water partition coefficient (Wildman–Crippen LogP) is 2.44. The van der Waals surface area contributed by atoms with Gasteiger partial charge in [0, 0.05) is 5.71 Å². The molecule has 2 N–H and O–H groups in total. The second-order valence-corrected chi connectivity index (χ2v) is 3.66. The Hall–Kier alpha value is -2.36. The number of ether oxygens (including phenoxy) is 1. The van der Waals surface area contributed by atoms with Crippen molar-refractivity contribution in [3.8, 4) is 0 Å². The summed E-state index contributed by atoms with van der Waals surface area (Å²) in [6, 6.07) is 9.19. The maximum Gasteiger partial charge on any atom is 0.349 e. The molecule has 0 saturated carbocycles. The van der Waals surface area contributed by atoms with Crippen molar-refractivity contribution in [2.45, 2.75) is 6.92 Å². The molecule has 1 aliphatic heterocycles. The van der Waals surface area contributed by atoms with Crippen LogP contribution in [0.5, 0.6) is 0 Å². The first kappa shape index (κ1) is 11.1. The summed E-state index contributed by atoms with van der Waals surface area (Å²) in [5.74, 6) is -0.869. The lowest BCUT2D eigenvalue weighted by atomic mass is 10.1. The Morgan fingerprint density at radius 2 is 2.00 bits per heavy atom. The molecule has 1 aromatic rings. The highest BCUT2D eigenvalue weighted by molar-refractivity contribution is 6.20. The SMILES string of the molecule is CC(=N)C1=C(O)/C(=C/c2ccccc2)OC1=O.